The summed E-state index contributed by atoms with van der Waals surface area (Å²) in [6, 6.07) is 18.7. The average Bonchev–Trinajstić information content (AvgIpc) is 2.93. The lowest BCUT2D eigenvalue weighted by atomic mass is 9.87. The molecule has 0 atom stereocenters. The fourth-order valence-electron chi connectivity index (χ4n) is 3.83. The van der Waals surface area contributed by atoms with Crippen LogP contribution in [-0.2, 0) is 10.8 Å². The largest absolute Gasteiger partial charge is 0.270 e. The fraction of sp³-hybridized carbons (Fsp3) is 0.250. The lowest BCUT2D eigenvalue weighted by Crippen LogP contribution is -2.42. The molecule has 3 rings (SSSR count). The molecule has 0 spiro atoms. The Bertz CT molecular complexity index is 1430. The highest BCUT2D eigenvalue weighted by molar-refractivity contribution is 6.03. The lowest BCUT2D eigenvalue weighted by molar-refractivity contribution is 0.0844. The van der Waals surface area contributed by atoms with E-state index in [9.17, 15) is 19.2 Å². The molecule has 208 valence electrons. The van der Waals surface area contributed by atoms with Crippen molar-refractivity contribution in [3.05, 3.63) is 112 Å². The third kappa shape index (κ3) is 7.44. The minimum absolute atomic E-state index is 0.0426. The standard InChI is InChI=1S/C32H36N4O4/c1-8-20-19-23(29(39)35-33-27(37)21-9-14-24(15-10-21)31(2,3)4)13-18-26(20)30(40)36-34-28(38)22-11-16-25(17-12-22)32(5,6)7/h8-19H,1H2,2-7H3,(H,33,37)(H,34,38)(H,35,39)(H,36,40). The van der Waals surface area contributed by atoms with Gasteiger partial charge in [0.15, 0.2) is 0 Å². The van der Waals surface area contributed by atoms with Gasteiger partial charge in [-0.1, -0.05) is 78.5 Å². The summed E-state index contributed by atoms with van der Waals surface area (Å²) in [5, 5.41) is 0. The summed E-state index contributed by atoms with van der Waals surface area (Å²) < 4.78 is 0. The molecular formula is C32H36N4O4. The van der Waals surface area contributed by atoms with E-state index >= 15 is 0 Å². The van der Waals surface area contributed by atoms with Gasteiger partial charge in [-0.25, -0.2) is 0 Å². The topological polar surface area (TPSA) is 116 Å². The van der Waals surface area contributed by atoms with Gasteiger partial charge in [0.2, 0.25) is 0 Å². The molecule has 0 aromatic heterocycles. The van der Waals surface area contributed by atoms with Crippen molar-refractivity contribution in [1.82, 2.24) is 21.7 Å². The second-order valence-electron chi connectivity index (χ2n) is 11.5. The van der Waals surface area contributed by atoms with Crippen LogP contribution in [0.1, 0.15) is 99.7 Å². The van der Waals surface area contributed by atoms with Gasteiger partial charge in [-0.3, -0.25) is 40.9 Å². The summed E-state index contributed by atoms with van der Waals surface area (Å²) in [5.74, 6) is -2.07. The van der Waals surface area contributed by atoms with Crippen molar-refractivity contribution in [2.45, 2.75) is 52.4 Å². The van der Waals surface area contributed by atoms with Crippen molar-refractivity contribution < 1.29 is 19.2 Å². The molecule has 0 saturated carbocycles. The summed E-state index contributed by atoms with van der Waals surface area (Å²) in [4.78, 5) is 50.4. The van der Waals surface area contributed by atoms with Crippen LogP contribution in [0.2, 0.25) is 0 Å². The molecule has 40 heavy (non-hydrogen) atoms. The minimum Gasteiger partial charge on any atom is -0.267 e. The van der Waals surface area contributed by atoms with Crippen LogP contribution in [0.25, 0.3) is 6.08 Å². The summed E-state index contributed by atoms with van der Waals surface area (Å²) in [7, 11) is 0. The molecule has 4 N–H and O–H groups in total. The van der Waals surface area contributed by atoms with Gasteiger partial charge >= 0.3 is 0 Å². The summed E-state index contributed by atoms with van der Waals surface area (Å²) in [6.07, 6.45) is 1.42. The Morgan fingerprint density at radius 1 is 0.550 bits per heavy atom. The molecule has 0 aliphatic rings. The number of amides is 4. The van der Waals surface area contributed by atoms with Crippen LogP contribution in [0.5, 0.6) is 0 Å². The van der Waals surface area contributed by atoms with Gasteiger partial charge in [0.1, 0.15) is 0 Å². The predicted molar refractivity (Wildman–Crippen MR) is 157 cm³/mol. The Balaban J connectivity index is 1.60. The van der Waals surface area contributed by atoms with Gasteiger partial charge in [-0.2, -0.15) is 0 Å². The van der Waals surface area contributed by atoms with E-state index in [0.717, 1.165) is 11.1 Å². The Morgan fingerprint density at radius 3 is 1.27 bits per heavy atom. The van der Waals surface area contributed by atoms with Crippen LogP contribution in [-0.4, -0.2) is 23.6 Å². The highest BCUT2D eigenvalue weighted by Crippen LogP contribution is 2.23. The van der Waals surface area contributed by atoms with Crippen LogP contribution >= 0.6 is 0 Å². The first-order valence-electron chi connectivity index (χ1n) is 12.9. The SMILES string of the molecule is C=Cc1cc(C(=O)NNC(=O)c2ccc(C(C)(C)C)cc2)ccc1C(=O)NNC(=O)c1ccc(C(C)(C)C)cc1. The molecule has 0 bridgehead atoms. The molecular weight excluding hydrogens is 504 g/mol. The van der Waals surface area contributed by atoms with Crippen molar-refractivity contribution >= 4 is 29.7 Å². The molecule has 8 heteroatoms. The normalized spacial score (nSPS) is 11.2. The smallest absolute Gasteiger partial charge is 0.267 e. The molecule has 0 radical (unpaired) electrons. The second-order valence-corrected chi connectivity index (χ2v) is 11.5. The Kier molecular flexibility index (Phi) is 8.94. The van der Waals surface area contributed by atoms with Crippen molar-refractivity contribution in [1.29, 1.82) is 0 Å². The first kappa shape index (κ1) is 29.8. The van der Waals surface area contributed by atoms with Gasteiger partial charge in [0, 0.05) is 22.3 Å². The first-order valence-corrected chi connectivity index (χ1v) is 12.9. The van der Waals surface area contributed by atoms with E-state index in [1.54, 1.807) is 24.3 Å². The van der Waals surface area contributed by atoms with Gasteiger partial charge in [-0.15, -0.1) is 0 Å². The van der Waals surface area contributed by atoms with Crippen molar-refractivity contribution in [3.63, 3.8) is 0 Å². The highest BCUT2D eigenvalue weighted by Gasteiger charge is 2.18. The number of benzene rings is 3. The van der Waals surface area contributed by atoms with Crippen LogP contribution < -0.4 is 21.7 Å². The number of nitrogens with one attached hydrogen (secondary N) is 4. The molecule has 0 aliphatic heterocycles. The molecule has 0 fully saturated rings. The Hall–Kier alpha value is -4.72. The number of carbonyl (C=O) groups is 4. The maximum absolute atomic E-state index is 12.8. The van der Waals surface area contributed by atoms with Gasteiger partial charge in [0.25, 0.3) is 23.6 Å². The zero-order valence-corrected chi connectivity index (χ0v) is 23.8. The quantitative estimate of drug-likeness (QED) is 0.338. The zero-order valence-electron chi connectivity index (χ0n) is 23.8. The zero-order chi connectivity index (χ0) is 29.7. The lowest BCUT2D eigenvalue weighted by Gasteiger charge is -2.19. The summed E-state index contributed by atoms with van der Waals surface area (Å²) in [5.41, 5.74) is 13.3. The van der Waals surface area contributed by atoms with E-state index in [0.29, 0.717) is 16.7 Å². The van der Waals surface area contributed by atoms with Crippen LogP contribution in [0.15, 0.2) is 73.3 Å². The van der Waals surface area contributed by atoms with Gasteiger partial charge in [0.05, 0.1) is 0 Å². The highest BCUT2D eigenvalue weighted by atomic mass is 16.2. The van der Waals surface area contributed by atoms with E-state index in [4.69, 9.17) is 0 Å². The minimum atomic E-state index is -0.575. The van der Waals surface area contributed by atoms with Gasteiger partial charge in [-0.05, 0) is 70.0 Å². The molecule has 0 aliphatic carbocycles. The number of hydrogen-bond donors (Lipinski definition) is 4. The molecule has 0 saturated heterocycles. The van der Waals surface area contributed by atoms with E-state index in [1.165, 1.54) is 24.3 Å². The predicted octanol–water partition coefficient (Wildman–Crippen LogP) is 5.07. The van der Waals surface area contributed by atoms with E-state index in [2.05, 4.69) is 69.8 Å². The van der Waals surface area contributed by atoms with Crippen molar-refractivity contribution in [2.75, 3.05) is 0 Å². The number of hydrogen-bond acceptors (Lipinski definition) is 4. The number of carbonyl (C=O) groups excluding carboxylic acids is 4. The molecule has 4 amide bonds. The average molecular weight is 541 g/mol. The van der Waals surface area contributed by atoms with Crippen LogP contribution in [0.3, 0.4) is 0 Å². The number of hydrazine groups is 2. The maximum Gasteiger partial charge on any atom is 0.270 e. The second kappa shape index (κ2) is 12.0. The van der Waals surface area contributed by atoms with Crippen molar-refractivity contribution in [2.24, 2.45) is 0 Å². The monoisotopic (exact) mass is 540 g/mol. The molecule has 8 nitrogen and oxygen atoms in total. The summed E-state index contributed by atoms with van der Waals surface area (Å²) in [6.45, 7) is 16.2. The molecule has 0 unspecified atom stereocenters. The van der Waals surface area contributed by atoms with E-state index in [-0.39, 0.29) is 22.0 Å². The third-order valence-electron chi connectivity index (χ3n) is 6.38. The van der Waals surface area contributed by atoms with Crippen molar-refractivity contribution in [3.8, 4) is 0 Å². The molecule has 0 heterocycles. The maximum atomic E-state index is 12.8. The third-order valence-corrected chi connectivity index (χ3v) is 6.38. The first-order chi connectivity index (χ1) is 18.7. The van der Waals surface area contributed by atoms with Crippen LogP contribution in [0, 0.1) is 0 Å². The van der Waals surface area contributed by atoms with E-state index in [1.807, 2.05) is 24.3 Å². The van der Waals surface area contributed by atoms with Gasteiger partial charge < -0.3 is 0 Å². The molecule has 3 aromatic carbocycles. The fourth-order valence-corrected chi connectivity index (χ4v) is 3.83. The Morgan fingerprint density at radius 2 is 0.900 bits per heavy atom. The summed E-state index contributed by atoms with van der Waals surface area (Å²) >= 11 is 0. The Labute approximate surface area is 235 Å². The molecule has 3 aromatic rings. The number of rotatable bonds is 5. The van der Waals surface area contributed by atoms with E-state index < -0.39 is 23.6 Å². The van der Waals surface area contributed by atoms with Crippen LogP contribution in [0.4, 0.5) is 0 Å².